The van der Waals surface area contributed by atoms with Crippen molar-refractivity contribution in [2.75, 3.05) is 32.0 Å². The van der Waals surface area contributed by atoms with E-state index in [-0.39, 0.29) is 34.6 Å². The van der Waals surface area contributed by atoms with Crippen LogP contribution in [0.3, 0.4) is 0 Å². The van der Waals surface area contributed by atoms with Crippen LogP contribution in [-0.2, 0) is 16.0 Å². The number of carbonyl (C=O) groups excluding carboxylic acids is 2. The van der Waals surface area contributed by atoms with E-state index in [1.807, 2.05) is 26.0 Å². The number of hydrogen-bond donors (Lipinski definition) is 4. The molecule has 0 unspecified atom stereocenters. The molecule has 0 spiro atoms. The van der Waals surface area contributed by atoms with Gasteiger partial charge in [0.05, 0.1) is 33.1 Å². The summed E-state index contributed by atoms with van der Waals surface area (Å²) >= 11 is 0. The molecule has 0 bridgehead atoms. The van der Waals surface area contributed by atoms with Gasteiger partial charge in [0.2, 0.25) is 23.0 Å². The zero-order chi connectivity index (χ0) is 31.3. The van der Waals surface area contributed by atoms with Crippen LogP contribution in [0.15, 0.2) is 53.3 Å². The van der Waals surface area contributed by atoms with Crippen LogP contribution in [-0.4, -0.2) is 44.3 Å². The number of hydrogen-bond acceptors (Lipinski definition) is 8. The zero-order valence-corrected chi connectivity index (χ0v) is 25.4. The Balaban J connectivity index is 1.86. The molecule has 43 heavy (non-hydrogen) atoms. The summed E-state index contributed by atoms with van der Waals surface area (Å²) < 4.78 is 17.1. The van der Waals surface area contributed by atoms with E-state index >= 15 is 0 Å². The van der Waals surface area contributed by atoms with E-state index < -0.39 is 12.1 Å². The molecule has 0 fully saturated rings. The van der Waals surface area contributed by atoms with Crippen LogP contribution >= 0.6 is 0 Å². The van der Waals surface area contributed by atoms with E-state index in [0.29, 0.717) is 53.3 Å². The Morgan fingerprint density at radius 2 is 1.70 bits per heavy atom. The molecule has 0 heterocycles. The number of aromatic hydroxyl groups is 1. The molecule has 4 N–H and O–H groups in total. The third kappa shape index (κ3) is 6.69. The van der Waals surface area contributed by atoms with Gasteiger partial charge < -0.3 is 35.3 Å². The van der Waals surface area contributed by atoms with Gasteiger partial charge in [-0.3, -0.25) is 14.4 Å². The molecule has 3 atom stereocenters. The van der Waals surface area contributed by atoms with Crippen molar-refractivity contribution in [1.82, 2.24) is 5.32 Å². The van der Waals surface area contributed by atoms with Crippen LogP contribution < -0.4 is 35.6 Å². The van der Waals surface area contributed by atoms with Crippen LogP contribution in [0.5, 0.6) is 23.0 Å². The number of nitrogens with one attached hydrogen (secondary N) is 3. The monoisotopic (exact) mass is 589 g/mol. The molecule has 0 saturated heterocycles. The number of aryl methyl sites for hydroxylation is 1. The maximum atomic E-state index is 13.8. The minimum Gasteiger partial charge on any atom is -0.508 e. The number of benzene rings is 2. The topological polar surface area (TPSA) is 135 Å². The fourth-order valence-corrected chi connectivity index (χ4v) is 5.46. The first kappa shape index (κ1) is 31.2. The molecule has 10 nitrogen and oxygen atoms in total. The lowest BCUT2D eigenvalue weighted by atomic mass is 9.95. The third-order valence-electron chi connectivity index (χ3n) is 7.86. The number of phenolic OH excluding ortho intramolecular Hbond substituents is 1. The predicted molar refractivity (Wildman–Crippen MR) is 166 cm³/mol. The number of ether oxygens (including phenoxy) is 3. The molecule has 0 aromatic heterocycles. The second-order valence-corrected chi connectivity index (χ2v) is 10.6. The number of fused-ring (bicyclic) bond motifs is 3. The van der Waals surface area contributed by atoms with Crippen LogP contribution in [0.4, 0.5) is 11.4 Å². The normalized spacial score (nSPS) is 15.1. The van der Waals surface area contributed by atoms with Crippen molar-refractivity contribution in [2.45, 2.75) is 52.1 Å². The largest absolute Gasteiger partial charge is 0.508 e. The van der Waals surface area contributed by atoms with Gasteiger partial charge in [-0.1, -0.05) is 26.3 Å². The van der Waals surface area contributed by atoms with Gasteiger partial charge in [-0.15, -0.1) is 0 Å². The van der Waals surface area contributed by atoms with Crippen LogP contribution in [0.25, 0.3) is 11.1 Å². The second kappa shape index (κ2) is 13.5. The highest BCUT2D eigenvalue weighted by atomic mass is 16.5. The molecule has 2 amide bonds. The van der Waals surface area contributed by atoms with Gasteiger partial charge in [0.1, 0.15) is 11.8 Å². The summed E-state index contributed by atoms with van der Waals surface area (Å²) in [4.78, 5) is 39.4. The number of amides is 2. The Kier molecular flexibility index (Phi) is 9.80. The van der Waals surface area contributed by atoms with Crippen molar-refractivity contribution >= 4 is 23.2 Å². The molecule has 0 saturated carbocycles. The SMILES string of the molecule is CC[C@H](C)[C@@H](Nc1ccc2c(cc1=O)[C@H](NC(C)=O)CCc1cc(OC)c(OC)c(OC)c1-2)C(=O)Nc1ccc(O)cc1. The fraction of sp³-hybridized carbons (Fsp3) is 0.364. The second-order valence-electron chi connectivity index (χ2n) is 10.6. The number of phenols is 1. The standard InChI is InChI=1S/C33H39N3O7/c1-7-18(2)30(33(40)35-21-9-11-22(38)12-10-21)36-26-15-13-23-24(17-27(26)39)25(34-19(3)37)14-8-20-16-28(41-4)31(42-5)32(43-6)29(20)23/h9-13,15-18,25,30,38H,7-8,14H2,1-6H3,(H,34,37)(H,35,40)(H,36,39)/t18-,25+,30+/m0/s1. The van der Waals surface area contributed by atoms with E-state index in [1.165, 1.54) is 32.2 Å². The summed E-state index contributed by atoms with van der Waals surface area (Å²) in [6.07, 6.45) is 1.80. The molecule has 0 aliphatic heterocycles. The lowest BCUT2D eigenvalue weighted by Gasteiger charge is -2.24. The summed E-state index contributed by atoms with van der Waals surface area (Å²) in [5, 5.41) is 18.7. The summed E-state index contributed by atoms with van der Waals surface area (Å²) in [6.45, 7) is 5.35. The van der Waals surface area contributed by atoms with Crippen molar-refractivity contribution in [2.24, 2.45) is 5.92 Å². The fourth-order valence-electron chi connectivity index (χ4n) is 5.46. The van der Waals surface area contributed by atoms with Gasteiger partial charge in [0.25, 0.3) is 0 Å². The Bertz CT molecular complexity index is 1560. The first-order valence-corrected chi connectivity index (χ1v) is 14.3. The van der Waals surface area contributed by atoms with E-state index in [9.17, 15) is 19.5 Å². The van der Waals surface area contributed by atoms with Crippen molar-refractivity contribution in [3.05, 3.63) is 69.9 Å². The lowest BCUT2D eigenvalue weighted by Crippen LogP contribution is -2.40. The number of rotatable bonds is 10. The van der Waals surface area contributed by atoms with Crippen molar-refractivity contribution < 1.29 is 28.9 Å². The van der Waals surface area contributed by atoms with E-state index in [2.05, 4.69) is 16.0 Å². The van der Waals surface area contributed by atoms with Gasteiger partial charge >= 0.3 is 0 Å². The lowest BCUT2D eigenvalue weighted by molar-refractivity contribution is -0.120. The van der Waals surface area contributed by atoms with Gasteiger partial charge in [-0.2, -0.15) is 0 Å². The molecule has 1 aliphatic carbocycles. The number of carbonyl (C=O) groups is 2. The summed E-state index contributed by atoms with van der Waals surface area (Å²) in [5.41, 5.74) is 3.42. The van der Waals surface area contributed by atoms with Crippen LogP contribution in [0.2, 0.25) is 0 Å². The molecule has 10 heteroatoms. The zero-order valence-electron chi connectivity index (χ0n) is 25.4. The predicted octanol–water partition coefficient (Wildman–Crippen LogP) is 5.03. The number of anilines is 2. The van der Waals surface area contributed by atoms with Crippen molar-refractivity contribution in [3.63, 3.8) is 0 Å². The third-order valence-corrected chi connectivity index (χ3v) is 7.86. The van der Waals surface area contributed by atoms with Crippen molar-refractivity contribution in [1.29, 1.82) is 0 Å². The minimum atomic E-state index is -0.731. The Morgan fingerprint density at radius 3 is 2.30 bits per heavy atom. The molecule has 1 aliphatic rings. The van der Waals surface area contributed by atoms with E-state index in [0.717, 1.165) is 11.1 Å². The Labute approximate surface area is 251 Å². The molecular weight excluding hydrogens is 550 g/mol. The highest BCUT2D eigenvalue weighted by Crippen LogP contribution is 2.50. The summed E-state index contributed by atoms with van der Waals surface area (Å²) in [6, 6.07) is 11.9. The maximum Gasteiger partial charge on any atom is 0.247 e. The Morgan fingerprint density at radius 1 is 1.00 bits per heavy atom. The van der Waals surface area contributed by atoms with Gasteiger partial charge in [-0.05, 0) is 77.9 Å². The maximum absolute atomic E-state index is 13.8. The first-order valence-electron chi connectivity index (χ1n) is 14.3. The highest BCUT2D eigenvalue weighted by molar-refractivity contribution is 5.97. The van der Waals surface area contributed by atoms with Gasteiger partial charge in [-0.25, -0.2) is 0 Å². The minimum absolute atomic E-state index is 0.0917. The summed E-state index contributed by atoms with van der Waals surface area (Å²) in [7, 11) is 4.64. The molecular formula is C33H39N3O7. The summed E-state index contributed by atoms with van der Waals surface area (Å²) in [5.74, 6) is 0.832. The first-order chi connectivity index (χ1) is 20.6. The average Bonchev–Trinajstić information content (AvgIpc) is 3.23. The molecule has 4 rings (SSSR count). The van der Waals surface area contributed by atoms with Crippen LogP contribution in [0.1, 0.15) is 50.8 Å². The van der Waals surface area contributed by atoms with Gasteiger partial charge in [0.15, 0.2) is 11.5 Å². The Hall–Kier alpha value is -4.73. The molecule has 3 aromatic carbocycles. The van der Waals surface area contributed by atoms with Crippen LogP contribution in [0, 0.1) is 5.92 Å². The van der Waals surface area contributed by atoms with Gasteiger partial charge in [0, 0.05) is 18.2 Å². The van der Waals surface area contributed by atoms with E-state index in [4.69, 9.17) is 14.2 Å². The molecule has 3 aromatic rings. The van der Waals surface area contributed by atoms with Crippen molar-refractivity contribution in [3.8, 4) is 34.1 Å². The quantitative estimate of drug-likeness (QED) is 0.242. The highest BCUT2D eigenvalue weighted by Gasteiger charge is 2.30. The molecule has 228 valence electrons. The number of methoxy groups -OCH3 is 3. The van der Waals surface area contributed by atoms with E-state index in [1.54, 1.807) is 32.4 Å². The smallest absolute Gasteiger partial charge is 0.247 e. The molecule has 0 radical (unpaired) electrons. The average molecular weight is 590 g/mol.